The molecular weight excluding hydrogens is 288 g/mol. The third kappa shape index (κ3) is 4.20. The van der Waals surface area contributed by atoms with E-state index in [9.17, 15) is 8.42 Å². The van der Waals surface area contributed by atoms with Crippen LogP contribution < -0.4 is 5.73 Å². The van der Waals surface area contributed by atoms with E-state index in [2.05, 4.69) is 11.9 Å². The van der Waals surface area contributed by atoms with Crippen LogP contribution in [0.15, 0.2) is 27.8 Å². The molecule has 116 valence electrons. The van der Waals surface area contributed by atoms with E-state index in [4.69, 9.17) is 10.2 Å². The fourth-order valence-corrected chi connectivity index (χ4v) is 3.43. The number of hydrogen-bond acceptors (Lipinski definition) is 5. The lowest BCUT2D eigenvalue weighted by Gasteiger charge is -2.00. The Bertz CT molecular complexity index is 692. The van der Waals surface area contributed by atoms with Crippen molar-refractivity contribution in [2.24, 2.45) is 0 Å². The van der Waals surface area contributed by atoms with Gasteiger partial charge in [0.1, 0.15) is 5.52 Å². The van der Waals surface area contributed by atoms with Crippen LogP contribution in [-0.2, 0) is 9.84 Å². The molecule has 5 nitrogen and oxygen atoms in total. The minimum atomic E-state index is -3.45. The Labute approximate surface area is 125 Å². The second-order valence-corrected chi connectivity index (χ2v) is 7.28. The predicted octanol–water partition coefficient (Wildman–Crippen LogP) is 3.54. The first-order valence-electron chi connectivity index (χ1n) is 7.42. The summed E-state index contributed by atoms with van der Waals surface area (Å²) in [6, 6.07) is 4.93. The number of hydrogen-bond donors (Lipinski definition) is 1. The average molecular weight is 310 g/mol. The topological polar surface area (TPSA) is 86.2 Å². The van der Waals surface area contributed by atoms with Gasteiger partial charge in [-0.1, -0.05) is 39.0 Å². The summed E-state index contributed by atoms with van der Waals surface area (Å²) in [5.41, 5.74) is 7.10. The Morgan fingerprint density at radius 3 is 2.62 bits per heavy atom. The maximum Gasteiger partial charge on any atom is 0.316 e. The first-order chi connectivity index (χ1) is 10.0. The van der Waals surface area contributed by atoms with E-state index < -0.39 is 9.84 Å². The number of fused-ring (bicyclic) bond motifs is 1. The maximum absolute atomic E-state index is 12.2. The number of anilines is 1. The third-order valence-electron chi connectivity index (χ3n) is 3.43. The molecule has 0 bridgehead atoms. The SMILES string of the molecule is CCCCCCCCS(=O)(=O)c1nc2ccc(N)cc2o1. The van der Waals surface area contributed by atoms with Crippen molar-refractivity contribution in [3.63, 3.8) is 0 Å². The van der Waals surface area contributed by atoms with Crippen LogP contribution in [0.4, 0.5) is 5.69 Å². The molecule has 2 rings (SSSR count). The predicted molar refractivity (Wildman–Crippen MR) is 83.9 cm³/mol. The molecule has 1 aromatic carbocycles. The van der Waals surface area contributed by atoms with Crippen molar-refractivity contribution < 1.29 is 12.8 Å². The lowest BCUT2D eigenvalue weighted by atomic mass is 10.1. The zero-order valence-corrected chi connectivity index (χ0v) is 13.2. The number of rotatable bonds is 8. The summed E-state index contributed by atoms with van der Waals surface area (Å²) in [6.45, 7) is 2.16. The molecule has 0 amide bonds. The van der Waals surface area contributed by atoms with Gasteiger partial charge in [0.2, 0.25) is 9.84 Å². The highest BCUT2D eigenvalue weighted by Gasteiger charge is 2.21. The van der Waals surface area contributed by atoms with Gasteiger partial charge in [-0.2, -0.15) is 4.98 Å². The van der Waals surface area contributed by atoms with Gasteiger partial charge < -0.3 is 10.2 Å². The van der Waals surface area contributed by atoms with Crippen molar-refractivity contribution in [3.05, 3.63) is 18.2 Å². The first kappa shape index (κ1) is 15.8. The van der Waals surface area contributed by atoms with E-state index in [1.807, 2.05) is 0 Å². The Morgan fingerprint density at radius 1 is 1.14 bits per heavy atom. The number of unbranched alkanes of at least 4 members (excludes halogenated alkanes) is 5. The molecule has 0 saturated carbocycles. The Kier molecular flexibility index (Phi) is 5.22. The Balaban J connectivity index is 1.97. The number of nitrogen functional groups attached to an aromatic ring is 1. The summed E-state index contributed by atoms with van der Waals surface area (Å²) in [5, 5.41) is -0.198. The fourth-order valence-electron chi connectivity index (χ4n) is 2.21. The smallest absolute Gasteiger partial charge is 0.316 e. The Morgan fingerprint density at radius 2 is 1.86 bits per heavy atom. The summed E-state index contributed by atoms with van der Waals surface area (Å²) in [4.78, 5) is 4.04. The van der Waals surface area contributed by atoms with Crippen molar-refractivity contribution in [2.75, 3.05) is 11.5 Å². The van der Waals surface area contributed by atoms with Crippen LogP contribution in [0.1, 0.15) is 45.4 Å². The van der Waals surface area contributed by atoms with E-state index in [0.717, 1.165) is 12.8 Å². The first-order valence-corrected chi connectivity index (χ1v) is 9.07. The number of nitrogens with two attached hydrogens (primary N) is 1. The molecule has 2 N–H and O–H groups in total. The van der Waals surface area contributed by atoms with Gasteiger partial charge in [-0.05, 0) is 18.6 Å². The van der Waals surface area contributed by atoms with Crippen LogP contribution in [0, 0.1) is 0 Å². The normalized spacial score (nSPS) is 12.0. The fraction of sp³-hybridized carbons (Fsp3) is 0.533. The molecule has 0 aliphatic heterocycles. The van der Waals surface area contributed by atoms with Gasteiger partial charge in [-0.3, -0.25) is 0 Å². The van der Waals surface area contributed by atoms with Gasteiger partial charge in [0.05, 0.1) is 5.75 Å². The molecule has 0 unspecified atom stereocenters. The summed E-state index contributed by atoms with van der Waals surface area (Å²) in [7, 11) is -3.45. The minimum Gasteiger partial charge on any atom is -0.428 e. The highest BCUT2D eigenvalue weighted by atomic mass is 32.2. The molecule has 1 aromatic heterocycles. The number of aromatic nitrogens is 1. The molecule has 2 aromatic rings. The van der Waals surface area contributed by atoms with E-state index >= 15 is 0 Å². The third-order valence-corrected chi connectivity index (χ3v) is 4.96. The quantitative estimate of drug-likeness (QED) is 0.595. The number of oxazole rings is 1. The van der Waals surface area contributed by atoms with Crippen LogP contribution in [0.3, 0.4) is 0 Å². The molecule has 0 aliphatic carbocycles. The maximum atomic E-state index is 12.2. The van der Waals surface area contributed by atoms with E-state index in [0.29, 0.717) is 23.2 Å². The summed E-state index contributed by atoms with van der Waals surface area (Å²) in [6.07, 6.45) is 6.20. The van der Waals surface area contributed by atoms with Gasteiger partial charge in [0, 0.05) is 11.8 Å². The summed E-state index contributed by atoms with van der Waals surface area (Å²) >= 11 is 0. The number of nitrogens with zero attached hydrogens (tertiary/aromatic N) is 1. The van der Waals surface area contributed by atoms with Crippen molar-refractivity contribution in [1.82, 2.24) is 4.98 Å². The molecule has 0 fully saturated rings. The molecule has 0 aliphatic rings. The largest absolute Gasteiger partial charge is 0.428 e. The number of sulfone groups is 1. The molecule has 0 saturated heterocycles. The van der Waals surface area contributed by atoms with Crippen molar-refractivity contribution >= 4 is 26.6 Å². The minimum absolute atomic E-state index is 0.0848. The molecule has 1 heterocycles. The molecule has 21 heavy (non-hydrogen) atoms. The zero-order chi connectivity index (χ0) is 15.3. The highest BCUT2D eigenvalue weighted by molar-refractivity contribution is 7.91. The lowest BCUT2D eigenvalue weighted by Crippen LogP contribution is -2.07. The zero-order valence-electron chi connectivity index (χ0n) is 12.3. The van der Waals surface area contributed by atoms with E-state index in [1.54, 1.807) is 18.2 Å². The van der Waals surface area contributed by atoms with Gasteiger partial charge in [-0.15, -0.1) is 0 Å². The monoisotopic (exact) mass is 310 g/mol. The van der Waals surface area contributed by atoms with Crippen LogP contribution in [-0.4, -0.2) is 19.2 Å². The second kappa shape index (κ2) is 6.93. The molecular formula is C15H22N2O3S. The molecule has 0 spiro atoms. The van der Waals surface area contributed by atoms with E-state index in [1.165, 1.54) is 19.3 Å². The van der Waals surface area contributed by atoms with Gasteiger partial charge in [-0.25, -0.2) is 8.42 Å². The van der Waals surface area contributed by atoms with Gasteiger partial charge in [0.25, 0.3) is 0 Å². The van der Waals surface area contributed by atoms with E-state index in [-0.39, 0.29) is 11.0 Å². The lowest BCUT2D eigenvalue weighted by molar-refractivity contribution is 0.457. The standard InChI is InChI=1S/C15H22N2O3S/c1-2-3-4-5-6-7-10-21(18,19)15-17-13-9-8-12(16)11-14(13)20-15/h8-9,11H,2-7,10,16H2,1H3. The van der Waals surface area contributed by atoms with Gasteiger partial charge >= 0.3 is 5.22 Å². The van der Waals surface area contributed by atoms with Crippen molar-refractivity contribution in [3.8, 4) is 0 Å². The molecule has 6 heteroatoms. The van der Waals surface area contributed by atoms with Crippen molar-refractivity contribution in [1.29, 1.82) is 0 Å². The average Bonchev–Trinajstić information content (AvgIpc) is 2.86. The Hall–Kier alpha value is -1.56. The van der Waals surface area contributed by atoms with Gasteiger partial charge in [0.15, 0.2) is 5.58 Å². The summed E-state index contributed by atoms with van der Waals surface area (Å²) < 4.78 is 29.7. The van der Waals surface area contributed by atoms with Crippen LogP contribution in [0.5, 0.6) is 0 Å². The van der Waals surface area contributed by atoms with Crippen LogP contribution >= 0.6 is 0 Å². The van der Waals surface area contributed by atoms with Crippen LogP contribution in [0.25, 0.3) is 11.1 Å². The van der Waals surface area contributed by atoms with Crippen LogP contribution in [0.2, 0.25) is 0 Å². The summed E-state index contributed by atoms with van der Waals surface area (Å²) in [5.74, 6) is 0.0848. The second-order valence-electron chi connectivity index (χ2n) is 5.29. The van der Waals surface area contributed by atoms with Crippen molar-refractivity contribution in [2.45, 2.75) is 50.7 Å². The highest BCUT2D eigenvalue weighted by Crippen LogP contribution is 2.22. The molecule has 0 radical (unpaired) electrons. The number of benzene rings is 1. The molecule has 0 atom stereocenters.